The summed E-state index contributed by atoms with van der Waals surface area (Å²) in [5, 5.41) is 1.73. The second kappa shape index (κ2) is 8.94. The average Bonchev–Trinajstić information content (AvgIpc) is 2.64. The Hall–Kier alpha value is -2.49. The van der Waals surface area contributed by atoms with Crippen LogP contribution in [0.4, 0.5) is 0 Å². The Morgan fingerprint density at radius 1 is 1.00 bits per heavy atom. The lowest BCUT2D eigenvalue weighted by Gasteiger charge is -2.17. The molecule has 0 spiro atoms. The van der Waals surface area contributed by atoms with Gasteiger partial charge in [0.25, 0.3) is 5.91 Å². The number of amides is 2. The molecular formula is C18H25N4O4S+. The number of nitrogens with zero attached hydrogens (tertiary/aromatic N) is 1. The van der Waals surface area contributed by atoms with Gasteiger partial charge in [-0.05, 0) is 22.9 Å². The molecule has 9 heteroatoms. The number of hydrazine groups is 1. The fourth-order valence-electron chi connectivity index (χ4n) is 2.40. The number of hydrogen-bond donors (Lipinski definition) is 3. The molecule has 2 aromatic rings. The van der Waals surface area contributed by atoms with E-state index in [1.165, 1.54) is 13.1 Å². The highest BCUT2D eigenvalue weighted by Crippen LogP contribution is 2.21. The number of carbonyl (C=O) groups excluding carboxylic acids is 2. The summed E-state index contributed by atoms with van der Waals surface area (Å²) in [6.07, 6.45) is 0.258. The van der Waals surface area contributed by atoms with Gasteiger partial charge in [0.2, 0.25) is 15.9 Å². The van der Waals surface area contributed by atoms with E-state index in [2.05, 4.69) is 10.9 Å². The molecule has 0 radical (unpaired) electrons. The van der Waals surface area contributed by atoms with E-state index in [4.69, 9.17) is 0 Å². The molecule has 0 aliphatic carbocycles. The Morgan fingerprint density at radius 3 is 2.30 bits per heavy atom. The molecule has 2 aromatic carbocycles. The number of hydrogen-bond acceptors (Lipinski definition) is 4. The van der Waals surface area contributed by atoms with Crippen molar-refractivity contribution < 1.29 is 22.9 Å². The fourth-order valence-corrected chi connectivity index (χ4v) is 3.56. The number of carbonyl (C=O) groups is 2. The summed E-state index contributed by atoms with van der Waals surface area (Å²) in [4.78, 5) is 24.8. The van der Waals surface area contributed by atoms with Crippen LogP contribution < -0.4 is 15.8 Å². The van der Waals surface area contributed by atoms with Crippen molar-refractivity contribution >= 4 is 32.6 Å². The van der Waals surface area contributed by atoms with Gasteiger partial charge < -0.3 is 4.90 Å². The first-order valence-electron chi connectivity index (χ1n) is 8.52. The van der Waals surface area contributed by atoms with Crippen LogP contribution in [0.1, 0.15) is 6.42 Å². The van der Waals surface area contributed by atoms with Gasteiger partial charge in [0, 0.05) is 7.05 Å². The first-order chi connectivity index (χ1) is 12.7. The van der Waals surface area contributed by atoms with E-state index in [0.29, 0.717) is 6.54 Å². The zero-order valence-electron chi connectivity index (χ0n) is 15.7. The number of sulfonamides is 1. The summed E-state index contributed by atoms with van der Waals surface area (Å²) < 4.78 is 26.3. The molecule has 27 heavy (non-hydrogen) atoms. The molecule has 0 saturated carbocycles. The lowest BCUT2D eigenvalue weighted by molar-refractivity contribution is -0.857. The van der Waals surface area contributed by atoms with Gasteiger partial charge in [-0.2, -0.15) is 4.31 Å². The number of likely N-dealkylation sites (N-methyl/N-ethyl adjacent to an activating group) is 1. The Balaban J connectivity index is 1.97. The predicted octanol–water partition coefficient (Wildman–Crippen LogP) is -0.858. The van der Waals surface area contributed by atoms with E-state index in [1.807, 2.05) is 38.4 Å². The molecule has 2 rings (SSSR count). The summed E-state index contributed by atoms with van der Waals surface area (Å²) in [6.45, 7) is 0.215. The van der Waals surface area contributed by atoms with E-state index >= 15 is 0 Å². The number of nitrogens with one attached hydrogen (secondary N) is 3. The molecule has 8 nitrogen and oxygen atoms in total. The molecule has 146 valence electrons. The number of fused-ring (bicyclic) bond motifs is 1. The van der Waals surface area contributed by atoms with Gasteiger partial charge in [-0.25, -0.2) is 8.42 Å². The van der Waals surface area contributed by atoms with Crippen molar-refractivity contribution in [2.24, 2.45) is 0 Å². The number of rotatable bonds is 7. The smallest absolute Gasteiger partial charge is 0.253 e. The first kappa shape index (κ1) is 20.8. The summed E-state index contributed by atoms with van der Waals surface area (Å²) >= 11 is 0. The molecule has 0 aromatic heterocycles. The first-order valence-corrected chi connectivity index (χ1v) is 9.96. The van der Waals surface area contributed by atoms with E-state index in [1.54, 1.807) is 12.1 Å². The van der Waals surface area contributed by atoms with Gasteiger partial charge in [-0.15, -0.1) is 0 Å². The Kier molecular flexibility index (Phi) is 6.89. The van der Waals surface area contributed by atoms with Crippen LogP contribution in [0.15, 0.2) is 47.4 Å². The highest BCUT2D eigenvalue weighted by atomic mass is 32.2. The summed E-state index contributed by atoms with van der Waals surface area (Å²) in [5.41, 5.74) is 4.52. The van der Waals surface area contributed by atoms with Gasteiger partial charge in [-0.3, -0.25) is 20.4 Å². The maximum absolute atomic E-state index is 12.7. The number of quaternary nitrogens is 1. The topological polar surface area (TPSA) is 100 Å². The quantitative estimate of drug-likeness (QED) is 0.533. The van der Waals surface area contributed by atoms with Crippen molar-refractivity contribution in [1.29, 1.82) is 0 Å². The lowest BCUT2D eigenvalue weighted by atomic mass is 10.1. The molecule has 0 saturated heterocycles. The minimum absolute atomic E-state index is 0.106. The van der Waals surface area contributed by atoms with Crippen LogP contribution in [0.3, 0.4) is 0 Å². The maximum atomic E-state index is 12.7. The molecular weight excluding hydrogens is 368 g/mol. The SMILES string of the molecule is CN(CC(=O)NNC(=O)CC[NH+](C)C)S(=O)(=O)c1ccc2ccccc2c1. The third kappa shape index (κ3) is 5.75. The molecule has 0 unspecified atom stereocenters. The molecule has 0 bridgehead atoms. The van der Waals surface area contributed by atoms with Crippen molar-refractivity contribution in [2.75, 3.05) is 34.2 Å². The van der Waals surface area contributed by atoms with Crippen molar-refractivity contribution in [1.82, 2.24) is 15.2 Å². The summed E-state index contributed by atoms with van der Waals surface area (Å²) in [7, 11) is 1.32. The van der Waals surface area contributed by atoms with E-state index < -0.39 is 22.5 Å². The van der Waals surface area contributed by atoms with Gasteiger partial charge in [0.15, 0.2) is 0 Å². The third-order valence-electron chi connectivity index (χ3n) is 3.99. The van der Waals surface area contributed by atoms with E-state index in [-0.39, 0.29) is 17.2 Å². The third-order valence-corrected chi connectivity index (χ3v) is 5.79. The minimum atomic E-state index is -3.83. The number of benzene rings is 2. The molecule has 3 N–H and O–H groups in total. The lowest BCUT2D eigenvalue weighted by Crippen LogP contribution is -3.05. The van der Waals surface area contributed by atoms with Crippen molar-refractivity contribution in [3.63, 3.8) is 0 Å². The highest BCUT2D eigenvalue weighted by molar-refractivity contribution is 7.89. The van der Waals surface area contributed by atoms with Gasteiger partial charge >= 0.3 is 0 Å². The highest BCUT2D eigenvalue weighted by Gasteiger charge is 2.23. The molecule has 0 aliphatic rings. The average molecular weight is 393 g/mol. The van der Waals surface area contributed by atoms with Crippen molar-refractivity contribution in [3.05, 3.63) is 42.5 Å². The Morgan fingerprint density at radius 2 is 1.63 bits per heavy atom. The van der Waals surface area contributed by atoms with Gasteiger partial charge in [0.05, 0.1) is 38.5 Å². The summed E-state index contributed by atoms with van der Waals surface area (Å²) in [5.74, 6) is -0.947. The molecule has 0 atom stereocenters. The van der Waals surface area contributed by atoms with Crippen LogP contribution in [-0.2, 0) is 19.6 Å². The van der Waals surface area contributed by atoms with Gasteiger partial charge in [0.1, 0.15) is 0 Å². The maximum Gasteiger partial charge on any atom is 0.253 e. The molecule has 2 amide bonds. The fraction of sp³-hybridized carbons (Fsp3) is 0.333. The van der Waals surface area contributed by atoms with Crippen LogP contribution in [0.25, 0.3) is 10.8 Å². The summed E-state index contributed by atoms with van der Waals surface area (Å²) in [6, 6.07) is 12.2. The second-order valence-corrected chi connectivity index (χ2v) is 8.62. The normalized spacial score (nSPS) is 11.7. The van der Waals surface area contributed by atoms with Crippen LogP contribution in [0.5, 0.6) is 0 Å². The predicted molar refractivity (Wildman–Crippen MR) is 102 cm³/mol. The van der Waals surface area contributed by atoms with E-state index in [9.17, 15) is 18.0 Å². The van der Waals surface area contributed by atoms with Crippen LogP contribution in [-0.4, -0.2) is 58.8 Å². The van der Waals surface area contributed by atoms with Gasteiger partial charge in [-0.1, -0.05) is 30.3 Å². The minimum Gasteiger partial charge on any atom is -0.339 e. The molecule has 0 aliphatic heterocycles. The standard InChI is InChI=1S/C18H24N4O4S/c1-21(2)11-10-17(23)19-20-18(24)13-22(3)27(25,26)16-9-8-14-6-4-5-7-15(14)12-16/h4-9,12H,10-11,13H2,1-3H3,(H,19,23)(H,20,24)/p+1. The van der Waals surface area contributed by atoms with Crippen molar-refractivity contribution in [2.45, 2.75) is 11.3 Å². The molecule has 0 heterocycles. The van der Waals surface area contributed by atoms with Crippen LogP contribution >= 0.6 is 0 Å². The van der Waals surface area contributed by atoms with E-state index in [0.717, 1.165) is 20.0 Å². The largest absolute Gasteiger partial charge is 0.339 e. The molecule has 0 fully saturated rings. The zero-order valence-corrected chi connectivity index (χ0v) is 16.5. The Labute approximate surface area is 159 Å². The second-order valence-electron chi connectivity index (χ2n) is 6.57. The monoisotopic (exact) mass is 393 g/mol. The van der Waals surface area contributed by atoms with Crippen molar-refractivity contribution in [3.8, 4) is 0 Å². The van der Waals surface area contributed by atoms with Crippen LogP contribution in [0.2, 0.25) is 0 Å². The van der Waals surface area contributed by atoms with Crippen LogP contribution in [0, 0.1) is 0 Å². The zero-order chi connectivity index (χ0) is 20.0. The Bertz CT molecular complexity index is 928.